The number of benzene rings is 2. The van der Waals surface area contributed by atoms with Gasteiger partial charge in [-0.15, -0.1) is 0 Å². The summed E-state index contributed by atoms with van der Waals surface area (Å²) in [6.07, 6.45) is 0.685. The maximum Gasteiger partial charge on any atom is 0.305 e. The molecule has 0 fully saturated rings. The van der Waals surface area contributed by atoms with Gasteiger partial charge in [0.05, 0.1) is 20.8 Å². The second-order valence-corrected chi connectivity index (χ2v) is 6.41. The standard InChI is InChI=1S/C21H26O6/c1-5-27-20(24)10-11-21(2,14-6-8-16(22)18(12-14)25-3)15-7-9-17(23)19(13-15)26-4/h6-9,12-13,22-23H,5,10-11H2,1-4H3. The molecule has 6 heteroatoms. The lowest BCUT2D eigenvalue weighted by atomic mass is 9.73. The van der Waals surface area contributed by atoms with Crippen LogP contribution in [0, 0.1) is 0 Å². The third-order valence-corrected chi connectivity index (χ3v) is 4.77. The fraction of sp³-hybridized carbons (Fsp3) is 0.381. The number of rotatable bonds is 8. The molecule has 0 aliphatic carbocycles. The first-order valence-corrected chi connectivity index (χ1v) is 8.76. The maximum absolute atomic E-state index is 12.0. The zero-order valence-corrected chi connectivity index (χ0v) is 16.1. The lowest BCUT2D eigenvalue weighted by Gasteiger charge is -2.31. The Hall–Kier alpha value is -2.89. The van der Waals surface area contributed by atoms with Crippen molar-refractivity contribution in [1.29, 1.82) is 0 Å². The lowest BCUT2D eigenvalue weighted by molar-refractivity contribution is -0.143. The smallest absolute Gasteiger partial charge is 0.305 e. The average Bonchev–Trinajstić information content (AvgIpc) is 2.67. The topological polar surface area (TPSA) is 85.2 Å². The molecule has 2 aromatic rings. The Labute approximate surface area is 159 Å². The monoisotopic (exact) mass is 374 g/mol. The first-order chi connectivity index (χ1) is 12.8. The van der Waals surface area contributed by atoms with E-state index < -0.39 is 5.41 Å². The van der Waals surface area contributed by atoms with Crippen LogP contribution in [-0.2, 0) is 14.9 Å². The van der Waals surface area contributed by atoms with Gasteiger partial charge >= 0.3 is 5.97 Å². The van der Waals surface area contributed by atoms with E-state index in [2.05, 4.69) is 0 Å². The Morgan fingerprint density at radius 1 is 0.963 bits per heavy atom. The molecular weight excluding hydrogens is 348 g/mol. The summed E-state index contributed by atoms with van der Waals surface area (Å²) in [5, 5.41) is 19.9. The average molecular weight is 374 g/mol. The number of carbonyl (C=O) groups excluding carboxylic acids is 1. The third kappa shape index (κ3) is 4.45. The van der Waals surface area contributed by atoms with Crippen LogP contribution in [0.4, 0.5) is 0 Å². The highest BCUT2D eigenvalue weighted by Gasteiger charge is 2.31. The van der Waals surface area contributed by atoms with E-state index in [1.54, 1.807) is 43.3 Å². The summed E-state index contributed by atoms with van der Waals surface area (Å²) in [5.74, 6) is 0.496. The molecule has 0 aliphatic heterocycles. The van der Waals surface area contributed by atoms with E-state index in [4.69, 9.17) is 14.2 Å². The molecule has 0 bridgehead atoms. The Balaban J connectivity index is 2.52. The van der Waals surface area contributed by atoms with Gasteiger partial charge in [-0.2, -0.15) is 0 Å². The predicted molar refractivity (Wildman–Crippen MR) is 102 cm³/mol. The summed E-state index contributed by atoms with van der Waals surface area (Å²) >= 11 is 0. The summed E-state index contributed by atoms with van der Waals surface area (Å²) < 4.78 is 15.5. The molecule has 2 N–H and O–H groups in total. The van der Waals surface area contributed by atoms with Crippen LogP contribution < -0.4 is 9.47 Å². The van der Waals surface area contributed by atoms with Crippen molar-refractivity contribution in [3.05, 3.63) is 47.5 Å². The molecule has 0 aromatic heterocycles. The summed E-state index contributed by atoms with van der Waals surface area (Å²) in [4.78, 5) is 12.0. The Morgan fingerprint density at radius 3 is 1.85 bits per heavy atom. The summed E-state index contributed by atoms with van der Waals surface area (Å²) in [6.45, 7) is 4.09. The van der Waals surface area contributed by atoms with Crippen LogP contribution in [0.1, 0.15) is 37.8 Å². The highest BCUT2D eigenvalue weighted by atomic mass is 16.5. The van der Waals surface area contributed by atoms with Gasteiger partial charge in [0, 0.05) is 11.8 Å². The van der Waals surface area contributed by atoms with Gasteiger partial charge in [-0.3, -0.25) is 4.79 Å². The quantitative estimate of drug-likeness (QED) is 0.684. The van der Waals surface area contributed by atoms with Gasteiger partial charge in [0.15, 0.2) is 23.0 Å². The summed E-state index contributed by atoms with van der Waals surface area (Å²) in [6, 6.07) is 10.2. The highest BCUT2D eigenvalue weighted by Crippen LogP contribution is 2.42. The van der Waals surface area contributed by atoms with E-state index in [1.165, 1.54) is 14.2 Å². The molecule has 2 aromatic carbocycles. The molecule has 0 spiro atoms. The Bertz CT molecular complexity index is 746. The van der Waals surface area contributed by atoms with E-state index in [0.717, 1.165) is 11.1 Å². The molecule has 0 radical (unpaired) electrons. The lowest BCUT2D eigenvalue weighted by Crippen LogP contribution is -2.25. The summed E-state index contributed by atoms with van der Waals surface area (Å²) in [7, 11) is 2.97. The normalized spacial score (nSPS) is 11.1. The first kappa shape index (κ1) is 20.4. The summed E-state index contributed by atoms with van der Waals surface area (Å²) in [5.41, 5.74) is 1.11. The van der Waals surface area contributed by atoms with E-state index in [0.29, 0.717) is 24.5 Å². The molecule has 0 unspecified atom stereocenters. The molecule has 0 heterocycles. The van der Waals surface area contributed by atoms with E-state index in [-0.39, 0.29) is 23.9 Å². The number of phenolic OH excluding ortho intramolecular Hbond substituents is 2. The number of phenols is 2. The van der Waals surface area contributed by atoms with Crippen LogP contribution in [0.15, 0.2) is 36.4 Å². The van der Waals surface area contributed by atoms with E-state index in [1.807, 2.05) is 6.92 Å². The number of methoxy groups -OCH3 is 2. The van der Waals surface area contributed by atoms with Crippen LogP contribution in [0.3, 0.4) is 0 Å². The molecule has 2 rings (SSSR count). The number of hydrogen-bond acceptors (Lipinski definition) is 6. The zero-order valence-electron chi connectivity index (χ0n) is 16.1. The Morgan fingerprint density at radius 2 is 1.44 bits per heavy atom. The molecule has 0 atom stereocenters. The van der Waals surface area contributed by atoms with Gasteiger partial charge in [-0.05, 0) is 48.7 Å². The largest absolute Gasteiger partial charge is 0.504 e. The molecule has 0 aliphatic rings. The molecule has 0 saturated carbocycles. The first-order valence-electron chi connectivity index (χ1n) is 8.76. The number of carbonyl (C=O) groups is 1. The number of esters is 1. The Kier molecular flexibility index (Phi) is 6.55. The van der Waals surface area contributed by atoms with Crippen LogP contribution in [0.25, 0.3) is 0 Å². The fourth-order valence-electron chi connectivity index (χ4n) is 3.08. The second-order valence-electron chi connectivity index (χ2n) is 6.41. The van der Waals surface area contributed by atoms with Gasteiger partial charge < -0.3 is 24.4 Å². The molecule has 27 heavy (non-hydrogen) atoms. The minimum absolute atomic E-state index is 0.0391. The maximum atomic E-state index is 12.0. The van der Waals surface area contributed by atoms with Gasteiger partial charge in [-0.1, -0.05) is 19.1 Å². The van der Waals surface area contributed by atoms with Gasteiger partial charge in [-0.25, -0.2) is 0 Å². The van der Waals surface area contributed by atoms with Crippen molar-refractivity contribution in [3.63, 3.8) is 0 Å². The van der Waals surface area contributed by atoms with Crippen molar-refractivity contribution < 1.29 is 29.2 Å². The SMILES string of the molecule is CCOC(=O)CCC(C)(c1ccc(O)c(OC)c1)c1ccc(O)c(OC)c1. The zero-order chi connectivity index (χ0) is 20.0. The van der Waals surface area contributed by atoms with Crippen LogP contribution in [0.5, 0.6) is 23.0 Å². The predicted octanol–water partition coefficient (Wildman–Crippen LogP) is 3.76. The second kappa shape index (κ2) is 8.66. The van der Waals surface area contributed by atoms with Crippen molar-refractivity contribution in [2.24, 2.45) is 0 Å². The van der Waals surface area contributed by atoms with Crippen molar-refractivity contribution >= 4 is 5.97 Å². The van der Waals surface area contributed by atoms with Crippen molar-refractivity contribution in [3.8, 4) is 23.0 Å². The van der Waals surface area contributed by atoms with Gasteiger partial charge in [0.2, 0.25) is 0 Å². The molecule has 6 nitrogen and oxygen atoms in total. The molecular formula is C21H26O6. The molecule has 0 saturated heterocycles. The van der Waals surface area contributed by atoms with E-state index >= 15 is 0 Å². The van der Waals surface area contributed by atoms with Crippen molar-refractivity contribution in [2.75, 3.05) is 20.8 Å². The van der Waals surface area contributed by atoms with Crippen molar-refractivity contribution in [1.82, 2.24) is 0 Å². The molecule has 146 valence electrons. The fourth-order valence-corrected chi connectivity index (χ4v) is 3.08. The third-order valence-electron chi connectivity index (χ3n) is 4.77. The van der Waals surface area contributed by atoms with Crippen LogP contribution in [-0.4, -0.2) is 37.0 Å². The van der Waals surface area contributed by atoms with Crippen LogP contribution in [0.2, 0.25) is 0 Å². The van der Waals surface area contributed by atoms with E-state index in [9.17, 15) is 15.0 Å². The minimum atomic E-state index is -0.602. The minimum Gasteiger partial charge on any atom is -0.504 e. The van der Waals surface area contributed by atoms with Gasteiger partial charge in [0.1, 0.15) is 0 Å². The number of ether oxygens (including phenoxy) is 3. The van der Waals surface area contributed by atoms with Gasteiger partial charge in [0.25, 0.3) is 0 Å². The van der Waals surface area contributed by atoms with Crippen LogP contribution >= 0.6 is 0 Å². The molecule has 0 amide bonds. The number of aromatic hydroxyl groups is 2. The number of hydrogen-bond donors (Lipinski definition) is 2. The van der Waals surface area contributed by atoms with Crippen molar-refractivity contribution in [2.45, 2.75) is 32.1 Å². The highest BCUT2D eigenvalue weighted by molar-refractivity contribution is 5.69.